The number of likely N-dealkylation sites (N-methyl/N-ethyl adjacent to an activating group) is 1. The van der Waals surface area contributed by atoms with Crippen LogP contribution in [0.4, 0.5) is 31.8 Å². The number of carbonyl (C=O) groups excluding carboxylic acids is 1. The Morgan fingerprint density at radius 3 is 2.47 bits per heavy atom. The summed E-state index contributed by atoms with van der Waals surface area (Å²) in [6.07, 6.45) is 2.78. The quantitative estimate of drug-likeness (QED) is 0.105. The molecule has 0 saturated carbocycles. The SMILES string of the molecule is C=CC(=O)Nc1cccc(C(F)(F)c2nc(Nc3ccc(N4CCN(C)CC4)cc3)nc3c2ccn3COCC[Si](C)(C)C)c1. The minimum atomic E-state index is -3.51. The van der Waals surface area contributed by atoms with Crippen LogP contribution < -0.4 is 15.5 Å². The lowest BCUT2D eigenvalue weighted by Crippen LogP contribution is -2.44. The third kappa shape index (κ3) is 7.94. The van der Waals surface area contributed by atoms with Gasteiger partial charge in [0, 0.05) is 75.1 Å². The van der Waals surface area contributed by atoms with Crippen LogP contribution in [0.25, 0.3) is 11.0 Å². The number of nitrogens with zero attached hydrogens (tertiary/aromatic N) is 5. The van der Waals surface area contributed by atoms with E-state index in [0.717, 1.165) is 44.0 Å². The molecule has 0 bridgehead atoms. The van der Waals surface area contributed by atoms with Gasteiger partial charge < -0.3 is 29.7 Å². The highest BCUT2D eigenvalue weighted by Crippen LogP contribution is 2.40. The molecule has 0 unspecified atom stereocenters. The molecule has 9 nitrogen and oxygen atoms in total. The number of nitrogens with one attached hydrogen (secondary N) is 2. The van der Waals surface area contributed by atoms with Crippen LogP contribution in [0.5, 0.6) is 0 Å². The van der Waals surface area contributed by atoms with Crippen molar-refractivity contribution in [1.82, 2.24) is 19.4 Å². The highest BCUT2D eigenvalue weighted by Gasteiger charge is 2.39. The molecular weight excluding hydrogens is 592 g/mol. The number of benzene rings is 2. The second kappa shape index (κ2) is 13.5. The number of alkyl halides is 2. The van der Waals surface area contributed by atoms with Gasteiger partial charge >= 0.3 is 5.92 Å². The zero-order valence-electron chi connectivity index (χ0n) is 26.3. The number of halogens is 2. The lowest BCUT2D eigenvalue weighted by molar-refractivity contribution is -0.111. The summed E-state index contributed by atoms with van der Waals surface area (Å²) < 4.78 is 40.4. The van der Waals surface area contributed by atoms with Gasteiger partial charge in [-0.1, -0.05) is 38.4 Å². The Bertz CT molecular complexity index is 1650. The Kier molecular flexibility index (Phi) is 9.66. The van der Waals surface area contributed by atoms with Crippen molar-refractivity contribution in [3.63, 3.8) is 0 Å². The summed E-state index contributed by atoms with van der Waals surface area (Å²) in [7, 11) is 0.819. The molecule has 0 aliphatic carbocycles. The molecule has 1 fully saturated rings. The Morgan fingerprint density at radius 2 is 1.78 bits per heavy atom. The molecule has 45 heavy (non-hydrogen) atoms. The smallest absolute Gasteiger partial charge is 0.315 e. The summed E-state index contributed by atoms with van der Waals surface area (Å²) in [5.41, 5.74) is 1.59. The van der Waals surface area contributed by atoms with Gasteiger partial charge in [0.15, 0.2) is 0 Å². The molecule has 1 aliphatic rings. The van der Waals surface area contributed by atoms with Gasteiger partial charge in [-0.3, -0.25) is 4.79 Å². The van der Waals surface area contributed by atoms with E-state index < -0.39 is 25.6 Å². The predicted molar refractivity (Wildman–Crippen MR) is 179 cm³/mol. The average molecular weight is 634 g/mol. The first-order chi connectivity index (χ1) is 21.4. The topological polar surface area (TPSA) is 87.6 Å². The fraction of sp³-hybridized carbons (Fsp3) is 0.364. The number of amides is 1. The highest BCUT2D eigenvalue weighted by atomic mass is 28.3. The molecule has 1 aliphatic heterocycles. The van der Waals surface area contributed by atoms with E-state index in [-0.39, 0.29) is 29.3 Å². The van der Waals surface area contributed by atoms with E-state index in [1.807, 2.05) is 24.3 Å². The monoisotopic (exact) mass is 633 g/mol. The Balaban J connectivity index is 1.48. The van der Waals surface area contributed by atoms with E-state index in [1.165, 1.54) is 18.2 Å². The summed E-state index contributed by atoms with van der Waals surface area (Å²) in [5, 5.41) is 5.91. The van der Waals surface area contributed by atoms with Crippen molar-refractivity contribution in [2.24, 2.45) is 0 Å². The first kappa shape index (κ1) is 32.3. The van der Waals surface area contributed by atoms with Crippen molar-refractivity contribution in [2.75, 3.05) is 55.4 Å². The van der Waals surface area contributed by atoms with Crippen LogP contribution in [-0.4, -0.2) is 73.2 Å². The summed E-state index contributed by atoms with van der Waals surface area (Å²) in [6.45, 7) is 14.9. The third-order valence-corrected chi connectivity index (χ3v) is 9.52. The van der Waals surface area contributed by atoms with Crippen LogP contribution in [-0.2, 0) is 22.2 Å². The van der Waals surface area contributed by atoms with E-state index in [9.17, 15) is 4.79 Å². The first-order valence-corrected chi connectivity index (χ1v) is 18.8. The van der Waals surface area contributed by atoms with Crippen LogP contribution in [0.3, 0.4) is 0 Å². The molecule has 2 aromatic carbocycles. The maximum Gasteiger partial charge on any atom is 0.315 e. The van der Waals surface area contributed by atoms with Gasteiger partial charge in [0.25, 0.3) is 0 Å². The molecule has 1 amide bonds. The van der Waals surface area contributed by atoms with Crippen molar-refractivity contribution < 1.29 is 18.3 Å². The molecule has 0 atom stereocenters. The molecule has 3 heterocycles. The van der Waals surface area contributed by atoms with Crippen LogP contribution in [0.1, 0.15) is 11.3 Å². The zero-order chi connectivity index (χ0) is 32.2. The number of fused-ring (bicyclic) bond motifs is 1. The standard InChI is InChI=1S/C33H41F2N7O2Si/c1-6-29(43)36-26-9-7-8-24(22-26)33(34,35)30-28-14-15-42(23-44-20-21-45(3,4)5)31(28)39-32(38-30)37-25-10-12-27(13-11-25)41-18-16-40(2)17-19-41/h6-15,22H,1,16-21,23H2,2-5H3,(H,36,43)(H,37,38,39). The maximum absolute atomic E-state index is 16.4. The lowest BCUT2D eigenvalue weighted by atomic mass is 10.0. The first-order valence-electron chi connectivity index (χ1n) is 15.1. The minimum absolute atomic E-state index is 0.0442. The molecule has 5 rings (SSSR count). The second-order valence-electron chi connectivity index (χ2n) is 12.6. The Labute approximate surface area is 263 Å². The van der Waals surface area contributed by atoms with E-state index in [1.54, 1.807) is 22.9 Å². The highest BCUT2D eigenvalue weighted by molar-refractivity contribution is 6.76. The van der Waals surface area contributed by atoms with Gasteiger partial charge in [-0.2, -0.15) is 13.8 Å². The van der Waals surface area contributed by atoms with Crippen molar-refractivity contribution in [1.29, 1.82) is 0 Å². The van der Waals surface area contributed by atoms with Gasteiger partial charge in [0.2, 0.25) is 11.9 Å². The third-order valence-electron chi connectivity index (χ3n) is 7.81. The number of anilines is 4. The van der Waals surface area contributed by atoms with E-state index in [2.05, 4.69) is 63.7 Å². The van der Waals surface area contributed by atoms with E-state index in [4.69, 9.17) is 4.74 Å². The second-order valence-corrected chi connectivity index (χ2v) is 18.2. The van der Waals surface area contributed by atoms with Crippen LogP contribution in [0.2, 0.25) is 25.7 Å². The van der Waals surface area contributed by atoms with Gasteiger partial charge in [0.1, 0.15) is 18.1 Å². The summed E-state index contributed by atoms with van der Waals surface area (Å²) in [6, 6.07) is 16.0. The van der Waals surface area contributed by atoms with Gasteiger partial charge in [-0.05, 0) is 61.6 Å². The lowest BCUT2D eigenvalue weighted by Gasteiger charge is -2.34. The van der Waals surface area contributed by atoms with Crippen molar-refractivity contribution >= 4 is 48.0 Å². The Morgan fingerprint density at radius 1 is 1.04 bits per heavy atom. The maximum atomic E-state index is 16.4. The molecule has 0 radical (unpaired) electrons. The van der Waals surface area contributed by atoms with Gasteiger partial charge in [0.05, 0.1) is 0 Å². The van der Waals surface area contributed by atoms with E-state index in [0.29, 0.717) is 17.9 Å². The fourth-order valence-corrected chi connectivity index (χ4v) is 5.83. The minimum Gasteiger partial charge on any atom is -0.369 e. The normalized spacial score (nSPS) is 14.5. The average Bonchev–Trinajstić information content (AvgIpc) is 3.42. The zero-order valence-corrected chi connectivity index (χ0v) is 27.3. The molecule has 1 saturated heterocycles. The predicted octanol–water partition coefficient (Wildman–Crippen LogP) is 6.50. The molecule has 2 N–H and O–H groups in total. The number of piperazine rings is 1. The molecule has 238 valence electrons. The van der Waals surface area contributed by atoms with Gasteiger partial charge in [-0.25, -0.2) is 4.98 Å². The van der Waals surface area contributed by atoms with Crippen molar-refractivity contribution in [2.45, 2.75) is 38.3 Å². The number of rotatable bonds is 12. The molecular formula is C33H41F2N7O2Si. The number of aromatic nitrogens is 3. The van der Waals surface area contributed by atoms with Crippen LogP contribution in [0, 0.1) is 0 Å². The van der Waals surface area contributed by atoms with Gasteiger partial charge in [-0.15, -0.1) is 0 Å². The molecule has 12 heteroatoms. The fourth-order valence-electron chi connectivity index (χ4n) is 5.08. The number of hydrogen-bond acceptors (Lipinski definition) is 7. The van der Waals surface area contributed by atoms with Crippen LogP contribution >= 0.6 is 0 Å². The largest absolute Gasteiger partial charge is 0.369 e. The Hall–Kier alpha value is -4.13. The number of hydrogen-bond donors (Lipinski definition) is 2. The number of carbonyl (C=O) groups is 1. The molecule has 2 aromatic heterocycles. The summed E-state index contributed by atoms with van der Waals surface area (Å²) in [4.78, 5) is 25.5. The summed E-state index contributed by atoms with van der Waals surface area (Å²) >= 11 is 0. The van der Waals surface area contributed by atoms with Crippen molar-refractivity contribution in [3.05, 3.63) is 84.7 Å². The van der Waals surface area contributed by atoms with E-state index >= 15 is 8.78 Å². The molecule has 0 spiro atoms. The molecule has 4 aromatic rings. The van der Waals surface area contributed by atoms with Crippen molar-refractivity contribution in [3.8, 4) is 0 Å². The number of ether oxygens (including phenoxy) is 1. The van der Waals surface area contributed by atoms with Crippen LogP contribution in [0.15, 0.2) is 73.4 Å². The summed E-state index contributed by atoms with van der Waals surface area (Å²) in [5.74, 6) is -3.96.